The molecular weight excluding hydrogens is 280 g/mol. The molecule has 0 spiro atoms. The average Bonchev–Trinajstić information content (AvgIpc) is 2.37. The Morgan fingerprint density at radius 1 is 1.53 bits per heavy atom. The first-order valence-corrected chi connectivity index (χ1v) is 6.12. The average molecular weight is 294 g/mol. The first kappa shape index (κ1) is 15.6. The number of carbonyl (C=O) groups excluding carboxylic acids is 1. The molecular formula is C12H14ClF2NO3. The lowest BCUT2D eigenvalue weighted by Gasteiger charge is -2.15. The van der Waals surface area contributed by atoms with Gasteiger partial charge in [0.25, 0.3) is 6.43 Å². The molecule has 0 aliphatic rings. The minimum Gasteiger partial charge on any atom is -0.481 e. The summed E-state index contributed by atoms with van der Waals surface area (Å²) in [6.45, 7) is 1.81. The van der Waals surface area contributed by atoms with Crippen LogP contribution in [0.3, 0.4) is 0 Å². The maximum absolute atomic E-state index is 13.1. The van der Waals surface area contributed by atoms with Crippen LogP contribution in [0.1, 0.15) is 30.0 Å². The molecule has 0 saturated heterocycles. The molecule has 0 aliphatic heterocycles. The first-order chi connectivity index (χ1) is 9.04. The molecule has 106 valence electrons. The molecule has 0 aliphatic carbocycles. The van der Waals surface area contributed by atoms with Gasteiger partial charge >= 0.3 is 5.97 Å². The Morgan fingerprint density at radius 2 is 2.21 bits per heavy atom. The number of ether oxygens (including phenoxy) is 2. The number of alkyl halides is 3. The fourth-order valence-corrected chi connectivity index (χ4v) is 1.89. The predicted molar refractivity (Wildman–Crippen MR) is 65.6 cm³/mol. The monoisotopic (exact) mass is 293 g/mol. The highest BCUT2D eigenvalue weighted by Crippen LogP contribution is 2.32. The van der Waals surface area contributed by atoms with E-state index in [9.17, 15) is 13.6 Å². The van der Waals surface area contributed by atoms with Gasteiger partial charge in [0.15, 0.2) is 0 Å². The third-order valence-corrected chi connectivity index (χ3v) is 2.74. The first-order valence-electron chi connectivity index (χ1n) is 5.59. The van der Waals surface area contributed by atoms with E-state index in [2.05, 4.69) is 4.98 Å². The summed E-state index contributed by atoms with van der Waals surface area (Å²) in [4.78, 5) is 15.3. The van der Waals surface area contributed by atoms with Crippen molar-refractivity contribution >= 4 is 17.6 Å². The van der Waals surface area contributed by atoms with Crippen molar-refractivity contribution in [1.82, 2.24) is 4.98 Å². The summed E-state index contributed by atoms with van der Waals surface area (Å²) in [5.41, 5.74) is -0.110. The van der Waals surface area contributed by atoms with Crippen molar-refractivity contribution in [3.8, 4) is 5.88 Å². The van der Waals surface area contributed by atoms with Gasteiger partial charge in [0.1, 0.15) is 0 Å². The number of hydrogen-bond donors (Lipinski definition) is 0. The molecule has 0 N–H and O–H groups in total. The second kappa shape index (κ2) is 7.23. The maximum atomic E-state index is 13.1. The molecule has 0 saturated carbocycles. The van der Waals surface area contributed by atoms with Crippen LogP contribution in [0.15, 0.2) is 6.20 Å². The highest BCUT2D eigenvalue weighted by Gasteiger charge is 2.24. The number of methoxy groups -OCH3 is 1. The van der Waals surface area contributed by atoms with Gasteiger partial charge < -0.3 is 9.47 Å². The molecule has 0 atom stereocenters. The van der Waals surface area contributed by atoms with E-state index >= 15 is 0 Å². The van der Waals surface area contributed by atoms with E-state index in [0.717, 1.165) is 0 Å². The van der Waals surface area contributed by atoms with Crippen molar-refractivity contribution in [3.63, 3.8) is 0 Å². The minimum absolute atomic E-state index is 0.0165. The molecule has 0 fully saturated rings. The molecule has 1 aromatic rings. The SMILES string of the molecule is CCOC(=O)Cc1c(OC)ncc(CCl)c1C(F)F. The molecule has 0 radical (unpaired) electrons. The van der Waals surface area contributed by atoms with Crippen LogP contribution >= 0.6 is 11.6 Å². The molecule has 0 aromatic carbocycles. The van der Waals surface area contributed by atoms with E-state index in [4.69, 9.17) is 21.1 Å². The number of hydrogen-bond acceptors (Lipinski definition) is 4. The van der Waals surface area contributed by atoms with Crippen molar-refractivity contribution < 1.29 is 23.0 Å². The van der Waals surface area contributed by atoms with Gasteiger partial charge in [-0.15, -0.1) is 11.6 Å². The lowest BCUT2D eigenvalue weighted by atomic mass is 10.0. The lowest BCUT2D eigenvalue weighted by Crippen LogP contribution is -2.13. The van der Waals surface area contributed by atoms with Crippen molar-refractivity contribution in [2.75, 3.05) is 13.7 Å². The van der Waals surface area contributed by atoms with Crippen LogP contribution in [-0.4, -0.2) is 24.7 Å². The van der Waals surface area contributed by atoms with Gasteiger partial charge in [0.05, 0.1) is 20.1 Å². The van der Waals surface area contributed by atoms with Gasteiger partial charge in [-0.1, -0.05) is 0 Å². The van der Waals surface area contributed by atoms with Gasteiger partial charge in [-0.2, -0.15) is 0 Å². The number of nitrogens with zero attached hydrogens (tertiary/aromatic N) is 1. The Kier molecular flexibility index (Phi) is 5.95. The summed E-state index contributed by atoms with van der Waals surface area (Å²) in [6, 6.07) is 0. The molecule has 1 heterocycles. The van der Waals surface area contributed by atoms with Crippen LogP contribution < -0.4 is 4.74 Å². The van der Waals surface area contributed by atoms with Crippen LogP contribution in [0.4, 0.5) is 8.78 Å². The molecule has 1 aromatic heterocycles. The summed E-state index contributed by atoms with van der Waals surface area (Å²) >= 11 is 5.61. The van der Waals surface area contributed by atoms with E-state index in [1.807, 2.05) is 0 Å². The number of esters is 1. The predicted octanol–water partition coefficient (Wildman–Crippen LogP) is 2.87. The number of carbonyl (C=O) groups is 1. The van der Waals surface area contributed by atoms with Crippen LogP contribution in [-0.2, 0) is 21.8 Å². The molecule has 1 rings (SSSR count). The zero-order chi connectivity index (χ0) is 14.4. The third-order valence-electron chi connectivity index (χ3n) is 2.45. The molecule has 7 heteroatoms. The topological polar surface area (TPSA) is 48.4 Å². The molecule has 0 bridgehead atoms. The lowest BCUT2D eigenvalue weighted by molar-refractivity contribution is -0.142. The van der Waals surface area contributed by atoms with E-state index in [1.54, 1.807) is 6.92 Å². The largest absolute Gasteiger partial charge is 0.481 e. The van der Waals surface area contributed by atoms with Crippen LogP contribution in [0.2, 0.25) is 0 Å². The van der Waals surface area contributed by atoms with Gasteiger partial charge in [0.2, 0.25) is 5.88 Å². The highest BCUT2D eigenvalue weighted by atomic mass is 35.5. The Labute approximate surface area is 114 Å². The number of aromatic nitrogens is 1. The van der Waals surface area contributed by atoms with E-state index in [-0.39, 0.29) is 41.5 Å². The maximum Gasteiger partial charge on any atom is 0.310 e. The molecule has 0 amide bonds. The fourth-order valence-electron chi connectivity index (χ4n) is 1.67. The fraction of sp³-hybridized carbons (Fsp3) is 0.500. The number of pyridine rings is 1. The minimum atomic E-state index is -2.77. The van der Waals surface area contributed by atoms with Crippen LogP contribution in [0.5, 0.6) is 5.88 Å². The smallest absolute Gasteiger partial charge is 0.310 e. The Morgan fingerprint density at radius 3 is 2.68 bits per heavy atom. The van der Waals surface area contributed by atoms with E-state index in [1.165, 1.54) is 13.3 Å². The zero-order valence-corrected chi connectivity index (χ0v) is 11.3. The van der Waals surface area contributed by atoms with Crippen molar-refractivity contribution in [1.29, 1.82) is 0 Å². The van der Waals surface area contributed by atoms with Gasteiger partial charge in [0, 0.05) is 23.2 Å². The second-order valence-corrected chi connectivity index (χ2v) is 3.87. The third kappa shape index (κ3) is 3.76. The summed E-state index contributed by atoms with van der Waals surface area (Å²) in [7, 11) is 1.30. The highest BCUT2D eigenvalue weighted by molar-refractivity contribution is 6.17. The summed E-state index contributed by atoms with van der Waals surface area (Å²) in [5.74, 6) is -0.750. The molecule has 19 heavy (non-hydrogen) atoms. The van der Waals surface area contributed by atoms with Gasteiger partial charge in [-0.3, -0.25) is 4.79 Å². The Bertz CT molecular complexity index is 455. The summed E-state index contributed by atoms with van der Waals surface area (Å²) < 4.78 is 35.9. The second-order valence-electron chi connectivity index (χ2n) is 3.60. The van der Waals surface area contributed by atoms with Crippen molar-refractivity contribution in [2.24, 2.45) is 0 Å². The number of halogens is 3. The van der Waals surface area contributed by atoms with E-state index < -0.39 is 12.4 Å². The quantitative estimate of drug-likeness (QED) is 0.598. The van der Waals surface area contributed by atoms with Gasteiger partial charge in [-0.05, 0) is 12.5 Å². The molecule has 4 nitrogen and oxygen atoms in total. The van der Waals surface area contributed by atoms with Crippen molar-refractivity contribution in [3.05, 3.63) is 22.9 Å². The summed E-state index contributed by atoms with van der Waals surface area (Å²) in [6.07, 6.45) is -1.87. The van der Waals surface area contributed by atoms with Crippen LogP contribution in [0, 0.1) is 0 Å². The van der Waals surface area contributed by atoms with E-state index in [0.29, 0.717) is 0 Å². The van der Waals surface area contributed by atoms with Gasteiger partial charge in [-0.25, -0.2) is 13.8 Å². The Balaban J connectivity index is 3.26. The zero-order valence-electron chi connectivity index (χ0n) is 10.6. The number of rotatable bonds is 6. The molecule has 0 unspecified atom stereocenters. The Hall–Kier alpha value is -1.43. The van der Waals surface area contributed by atoms with Crippen molar-refractivity contribution in [2.45, 2.75) is 25.7 Å². The summed E-state index contributed by atoms with van der Waals surface area (Å²) in [5, 5.41) is 0. The standard InChI is InChI=1S/C12H14ClF2NO3/c1-3-19-9(17)4-8-10(11(14)15)7(5-13)6-16-12(8)18-2/h6,11H,3-5H2,1-2H3. The normalized spacial score (nSPS) is 10.6. The van der Waals surface area contributed by atoms with Crippen LogP contribution in [0.25, 0.3) is 0 Å².